The molecule has 1 aliphatic rings. The second-order valence-corrected chi connectivity index (χ2v) is 8.94. The first-order valence-corrected chi connectivity index (χ1v) is 10.6. The molecule has 3 rings (SSSR count). The van der Waals surface area contributed by atoms with Crippen molar-refractivity contribution in [3.8, 4) is 0 Å². The summed E-state index contributed by atoms with van der Waals surface area (Å²) < 4.78 is 42.5. The van der Waals surface area contributed by atoms with E-state index in [-0.39, 0.29) is 10.7 Å². The molecule has 1 heterocycles. The Kier molecular flexibility index (Phi) is 4.95. The molecule has 0 bridgehead atoms. The Morgan fingerprint density at radius 3 is 2.07 bits per heavy atom. The van der Waals surface area contributed by atoms with Gasteiger partial charge in [0, 0.05) is 11.8 Å². The molecule has 0 amide bonds. The number of benzene rings is 2. The molecule has 27 heavy (non-hydrogen) atoms. The van der Waals surface area contributed by atoms with Crippen molar-refractivity contribution in [3.05, 3.63) is 65.5 Å². The van der Waals surface area contributed by atoms with Crippen molar-refractivity contribution in [2.24, 2.45) is 0 Å². The lowest BCUT2D eigenvalue weighted by molar-refractivity contribution is -0.143. The van der Waals surface area contributed by atoms with Gasteiger partial charge in [0.05, 0.1) is 10.5 Å². The predicted molar refractivity (Wildman–Crippen MR) is 102 cm³/mol. The third-order valence-electron chi connectivity index (χ3n) is 4.73. The summed E-state index contributed by atoms with van der Waals surface area (Å²) in [4.78, 5) is 12.9. The van der Waals surface area contributed by atoms with Crippen LogP contribution in [0, 0.1) is 5.82 Å². The maximum absolute atomic E-state index is 13.3. The fraction of sp³-hybridized carbons (Fsp3) is 0.286. The summed E-state index contributed by atoms with van der Waals surface area (Å²) in [5.41, 5.74) is 1.54. The molecule has 2 aromatic carbocycles. The monoisotopic (exact) mass is 388 g/mol. The van der Waals surface area contributed by atoms with E-state index in [1.165, 1.54) is 24.3 Å². The van der Waals surface area contributed by atoms with Crippen LogP contribution < -0.4 is 0 Å². The van der Waals surface area contributed by atoms with Crippen LogP contribution in [0.1, 0.15) is 37.8 Å². The minimum Gasteiger partial charge on any atom is -0.451 e. The molecule has 2 aromatic rings. The Hall–Kier alpha value is -2.47. The number of esters is 1. The van der Waals surface area contributed by atoms with Crippen LogP contribution in [0.3, 0.4) is 0 Å². The Labute approximate surface area is 158 Å². The molecule has 0 aromatic heterocycles. The van der Waals surface area contributed by atoms with Gasteiger partial charge >= 0.3 is 5.97 Å². The molecule has 1 atom stereocenters. The van der Waals surface area contributed by atoms with Crippen LogP contribution in [0.2, 0.25) is 0 Å². The van der Waals surface area contributed by atoms with Gasteiger partial charge in [-0.3, -0.25) is 0 Å². The van der Waals surface area contributed by atoms with Crippen LogP contribution in [-0.4, -0.2) is 26.2 Å². The van der Waals surface area contributed by atoms with Crippen LogP contribution in [0.4, 0.5) is 4.39 Å². The Balaban J connectivity index is 2.22. The number of hydrogen-bond donors (Lipinski definition) is 0. The highest BCUT2D eigenvalue weighted by Gasteiger charge is 2.44. The van der Waals surface area contributed by atoms with E-state index in [2.05, 4.69) is 0 Å². The predicted octanol–water partition coefficient (Wildman–Crippen LogP) is 4.26. The van der Waals surface area contributed by atoms with Crippen LogP contribution in [0.5, 0.6) is 0 Å². The normalized spacial score (nSPS) is 20.1. The molecule has 0 saturated heterocycles. The number of hydrogen-bond acceptors (Lipinski definition) is 4. The van der Waals surface area contributed by atoms with E-state index < -0.39 is 21.4 Å². The van der Waals surface area contributed by atoms with Gasteiger partial charge in [-0.25, -0.2) is 17.6 Å². The van der Waals surface area contributed by atoms with Gasteiger partial charge in [-0.15, -0.1) is 0 Å². The van der Waals surface area contributed by atoms with Crippen molar-refractivity contribution in [2.45, 2.75) is 37.2 Å². The number of rotatable bonds is 5. The number of carbonyl (C=O) groups is 1. The summed E-state index contributed by atoms with van der Waals surface area (Å²) in [5, 5.41) is 0. The standard InChI is InChI=1S/C21H21FO4S/c1-4-13-21(2)19(15-7-11-17(12-8-15)27(3,24)25)18(20(23)26-21)14-5-9-16(22)10-6-14/h5-12H,4,13H2,1-3H3. The van der Waals surface area contributed by atoms with Crippen molar-refractivity contribution < 1.29 is 22.3 Å². The molecule has 0 spiro atoms. The summed E-state index contributed by atoms with van der Waals surface area (Å²) in [7, 11) is -3.32. The lowest BCUT2D eigenvalue weighted by Crippen LogP contribution is -2.27. The van der Waals surface area contributed by atoms with E-state index in [0.717, 1.165) is 12.7 Å². The first-order chi connectivity index (χ1) is 12.7. The summed E-state index contributed by atoms with van der Waals surface area (Å²) >= 11 is 0. The van der Waals surface area contributed by atoms with E-state index in [0.29, 0.717) is 28.7 Å². The maximum atomic E-state index is 13.3. The third kappa shape index (κ3) is 3.67. The van der Waals surface area contributed by atoms with Gasteiger partial charge in [0.2, 0.25) is 0 Å². The molecule has 6 heteroatoms. The summed E-state index contributed by atoms with van der Waals surface area (Å²) in [5.74, 6) is -0.846. The molecule has 0 N–H and O–H groups in total. The van der Waals surface area contributed by atoms with Crippen molar-refractivity contribution in [2.75, 3.05) is 6.26 Å². The molecule has 0 aliphatic carbocycles. The molecule has 4 nitrogen and oxygen atoms in total. The second kappa shape index (κ2) is 6.93. The number of cyclic esters (lactones) is 1. The van der Waals surface area contributed by atoms with E-state index in [9.17, 15) is 17.6 Å². The molecule has 1 aliphatic heterocycles. The number of sulfone groups is 1. The largest absolute Gasteiger partial charge is 0.451 e. The quantitative estimate of drug-likeness (QED) is 0.718. The minimum atomic E-state index is -3.32. The first kappa shape index (κ1) is 19.3. The van der Waals surface area contributed by atoms with E-state index in [1.807, 2.05) is 13.8 Å². The highest BCUT2D eigenvalue weighted by atomic mass is 32.2. The summed E-state index contributed by atoms with van der Waals surface area (Å²) in [6.45, 7) is 3.85. The van der Waals surface area contributed by atoms with Gasteiger partial charge in [-0.2, -0.15) is 0 Å². The van der Waals surface area contributed by atoms with Crippen LogP contribution in [-0.2, 0) is 19.4 Å². The van der Waals surface area contributed by atoms with Crippen molar-refractivity contribution in [1.82, 2.24) is 0 Å². The van der Waals surface area contributed by atoms with E-state index in [1.54, 1.807) is 24.3 Å². The van der Waals surface area contributed by atoms with Crippen molar-refractivity contribution in [3.63, 3.8) is 0 Å². The molecular formula is C21H21FO4S. The van der Waals surface area contributed by atoms with Gasteiger partial charge < -0.3 is 4.74 Å². The zero-order chi connectivity index (χ0) is 19.8. The summed E-state index contributed by atoms with van der Waals surface area (Å²) in [6.07, 6.45) is 2.56. The van der Waals surface area contributed by atoms with E-state index >= 15 is 0 Å². The fourth-order valence-corrected chi connectivity index (χ4v) is 4.15. The SMILES string of the molecule is CCCC1(C)OC(=O)C(c2ccc(F)cc2)=C1c1ccc(S(C)(=O)=O)cc1. The average molecular weight is 388 g/mol. The zero-order valence-electron chi connectivity index (χ0n) is 15.5. The number of ether oxygens (including phenoxy) is 1. The number of carbonyl (C=O) groups excluding carboxylic acids is 1. The third-order valence-corrected chi connectivity index (χ3v) is 5.86. The number of halogens is 1. The molecule has 0 saturated carbocycles. The highest BCUT2D eigenvalue weighted by Crippen LogP contribution is 2.46. The smallest absolute Gasteiger partial charge is 0.340 e. The highest BCUT2D eigenvalue weighted by molar-refractivity contribution is 7.90. The average Bonchev–Trinajstić information content (AvgIpc) is 2.85. The Morgan fingerprint density at radius 2 is 1.56 bits per heavy atom. The molecular weight excluding hydrogens is 367 g/mol. The van der Waals surface area contributed by atoms with Gasteiger partial charge in [-0.05, 0) is 48.7 Å². The lowest BCUT2D eigenvalue weighted by atomic mass is 9.83. The zero-order valence-corrected chi connectivity index (χ0v) is 16.3. The Bertz CT molecular complexity index is 1010. The van der Waals surface area contributed by atoms with Gasteiger partial charge in [-0.1, -0.05) is 37.6 Å². The van der Waals surface area contributed by atoms with Crippen LogP contribution in [0.15, 0.2) is 53.4 Å². The Morgan fingerprint density at radius 1 is 1.00 bits per heavy atom. The topological polar surface area (TPSA) is 60.4 Å². The summed E-state index contributed by atoms with van der Waals surface area (Å²) in [6, 6.07) is 12.1. The van der Waals surface area contributed by atoms with Gasteiger partial charge in [0.1, 0.15) is 11.4 Å². The lowest BCUT2D eigenvalue weighted by Gasteiger charge is -2.26. The van der Waals surface area contributed by atoms with Gasteiger partial charge in [0.15, 0.2) is 9.84 Å². The fourth-order valence-electron chi connectivity index (χ4n) is 3.52. The minimum absolute atomic E-state index is 0.206. The van der Waals surface area contributed by atoms with E-state index in [4.69, 9.17) is 4.74 Å². The molecule has 0 fully saturated rings. The second-order valence-electron chi connectivity index (χ2n) is 6.92. The maximum Gasteiger partial charge on any atom is 0.340 e. The first-order valence-electron chi connectivity index (χ1n) is 8.70. The molecule has 1 unspecified atom stereocenters. The van der Waals surface area contributed by atoms with Crippen molar-refractivity contribution in [1.29, 1.82) is 0 Å². The van der Waals surface area contributed by atoms with Crippen LogP contribution >= 0.6 is 0 Å². The molecule has 142 valence electrons. The van der Waals surface area contributed by atoms with Crippen LogP contribution in [0.25, 0.3) is 11.1 Å². The van der Waals surface area contributed by atoms with Gasteiger partial charge in [0.25, 0.3) is 0 Å². The molecule has 0 radical (unpaired) electrons. The van der Waals surface area contributed by atoms with Crippen molar-refractivity contribution >= 4 is 27.0 Å².